The zero-order valence-electron chi connectivity index (χ0n) is 14.7. The van der Waals surface area contributed by atoms with Crippen molar-refractivity contribution in [3.8, 4) is 0 Å². The Hall–Kier alpha value is -1.56. The maximum Gasteiger partial charge on any atom is 0.416 e. The average Bonchev–Trinajstić information content (AvgIpc) is 3.08. The highest BCUT2D eigenvalue weighted by Gasteiger charge is 2.47. The number of hydrogen-bond acceptors (Lipinski definition) is 2. The van der Waals surface area contributed by atoms with E-state index < -0.39 is 17.2 Å². The van der Waals surface area contributed by atoms with E-state index >= 15 is 0 Å². The molecule has 0 radical (unpaired) electrons. The van der Waals surface area contributed by atoms with Crippen LogP contribution in [0.25, 0.3) is 0 Å². The fraction of sp³-hybridized carbons (Fsp3) is 0.632. The van der Waals surface area contributed by atoms with Gasteiger partial charge in [-0.25, -0.2) is 0 Å². The van der Waals surface area contributed by atoms with Crippen molar-refractivity contribution in [2.24, 2.45) is 0 Å². The molecule has 1 amide bonds. The van der Waals surface area contributed by atoms with Gasteiger partial charge < -0.3 is 10.2 Å². The lowest BCUT2D eigenvalue weighted by molar-refractivity contribution is -0.138. The molecule has 1 aromatic carbocycles. The molecule has 3 nitrogen and oxygen atoms in total. The van der Waals surface area contributed by atoms with Gasteiger partial charge >= 0.3 is 6.18 Å². The number of amides is 1. The SMILES string of the molecule is CC(C)(C(=O)NC1(CN2CCCC2)CC1)c1cccc(C(F)(F)F)c1. The highest BCUT2D eigenvalue weighted by atomic mass is 19.4. The third-order valence-electron chi connectivity index (χ3n) is 5.44. The molecule has 0 spiro atoms. The molecule has 3 rings (SSSR count). The molecular formula is C19H25F3N2O. The van der Waals surface area contributed by atoms with E-state index in [0.717, 1.165) is 44.6 Å². The molecule has 2 aliphatic rings. The lowest BCUT2D eigenvalue weighted by atomic mass is 9.82. The first-order chi connectivity index (χ1) is 11.6. The van der Waals surface area contributed by atoms with Crippen LogP contribution in [-0.2, 0) is 16.4 Å². The van der Waals surface area contributed by atoms with Crippen LogP contribution in [0.2, 0.25) is 0 Å². The minimum absolute atomic E-state index is 0.194. The summed E-state index contributed by atoms with van der Waals surface area (Å²) in [6.45, 7) is 6.34. The first-order valence-electron chi connectivity index (χ1n) is 8.85. The van der Waals surface area contributed by atoms with Gasteiger partial charge in [-0.1, -0.05) is 18.2 Å². The summed E-state index contributed by atoms with van der Waals surface area (Å²) >= 11 is 0. The number of rotatable bonds is 5. The predicted octanol–water partition coefficient (Wildman–Crippen LogP) is 3.73. The normalized spacial score (nSPS) is 20.5. The van der Waals surface area contributed by atoms with Crippen molar-refractivity contribution in [3.05, 3.63) is 35.4 Å². The van der Waals surface area contributed by atoms with Gasteiger partial charge in [-0.05, 0) is 64.3 Å². The summed E-state index contributed by atoms with van der Waals surface area (Å²) in [5.41, 5.74) is -1.54. The van der Waals surface area contributed by atoms with Gasteiger partial charge in [0.2, 0.25) is 5.91 Å². The predicted molar refractivity (Wildman–Crippen MR) is 90.3 cm³/mol. The lowest BCUT2D eigenvalue weighted by Crippen LogP contribution is -2.50. The quantitative estimate of drug-likeness (QED) is 0.874. The molecular weight excluding hydrogens is 329 g/mol. The van der Waals surface area contributed by atoms with Gasteiger partial charge in [0, 0.05) is 6.54 Å². The summed E-state index contributed by atoms with van der Waals surface area (Å²) in [6, 6.07) is 5.08. The van der Waals surface area contributed by atoms with E-state index in [4.69, 9.17) is 0 Å². The van der Waals surface area contributed by atoms with E-state index in [1.54, 1.807) is 19.9 Å². The molecule has 6 heteroatoms. The van der Waals surface area contributed by atoms with Gasteiger partial charge in [0.15, 0.2) is 0 Å². The number of halogens is 3. The molecule has 1 heterocycles. The van der Waals surface area contributed by atoms with E-state index in [9.17, 15) is 18.0 Å². The maximum absolute atomic E-state index is 13.0. The largest absolute Gasteiger partial charge is 0.416 e. The number of likely N-dealkylation sites (tertiary alicyclic amines) is 1. The zero-order chi connectivity index (χ0) is 18.3. The topological polar surface area (TPSA) is 32.3 Å². The Kier molecular flexibility index (Phi) is 4.60. The van der Waals surface area contributed by atoms with Crippen LogP contribution in [0.5, 0.6) is 0 Å². The van der Waals surface area contributed by atoms with Crippen molar-refractivity contribution < 1.29 is 18.0 Å². The van der Waals surface area contributed by atoms with E-state index in [0.29, 0.717) is 5.56 Å². The Balaban J connectivity index is 1.72. The van der Waals surface area contributed by atoms with Crippen LogP contribution < -0.4 is 5.32 Å². The summed E-state index contributed by atoms with van der Waals surface area (Å²) < 4.78 is 38.9. The van der Waals surface area contributed by atoms with Crippen LogP contribution in [-0.4, -0.2) is 36.0 Å². The van der Waals surface area contributed by atoms with Crippen molar-refractivity contribution in [3.63, 3.8) is 0 Å². The molecule has 2 fully saturated rings. The molecule has 0 bridgehead atoms. The van der Waals surface area contributed by atoms with Crippen LogP contribution in [0.1, 0.15) is 50.7 Å². The molecule has 1 aromatic rings. The van der Waals surface area contributed by atoms with Crippen molar-refractivity contribution >= 4 is 5.91 Å². The molecule has 0 atom stereocenters. The molecule has 0 unspecified atom stereocenters. The highest BCUT2D eigenvalue weighted by molar-refractivity contribution is 5.88. The van der Waals surface area contributed by atoms with E-state index in [2.05, 4.69) is 10.2 Å². The molecule has 1 aliphatic carbocycles. The third kappa shape index (κ3) is 4.00. The van der Waals surface area contributed by atoms with Crippen LogP contribution >= 0.6 is 0 Å². The van der Waals surface area contributed by atoms with Gasteiger partial charge in [-0.2, -0.15) is 13.2 Å². The average molecular weight is 354 g/mol. The minimum atomic E-state index is -4.41. The molecule has 1 N–H and O–H groups in total. The zero-order valence-corrected chi connectivity index (χ0v) is 14.7. The molecule has 0 aromatic heterocycles. The monoisotopic (exact) mass is 354 g/mol. The van der Waals surface area contributed by atoms with Gasteiger partial charge in [0.05, 0.1) is 16.5 Å². The molecule has 1 saturated carbocycles. The summed E-state index contributed by atoms with van der Waals surface area (Å²) in [5, 5.41) is 3.13. The lowest BCUT2D eigenvalue weighted by Gasteiger charge is -2.30. The fourth-order valence-corrected chi connectivity index (χ4v) is 3.45. The van der Waals surface area contributed by atoms with Gasteiger partial charge in [0.25, 0.3) is 0 Å². The number of hydrogen-bond donors (Lipinski definition) is 1. The van der Waals surface area contributed by atoms with E-state index in [1.165, 1.54) is 18.9 Å². The summed E-state index contributed by atoms with van der Waals surface area (Å²) in [6.07, 6.45) is -0.142. The number of carbonyl (C=O) groups is 1. The van der Waals surface area contributed by atoms with Gasteiger partial charge in [0.1, 0.15) is 0 Å². The first-order valence-corrected chi connectivity index (χ1v) is 8.85. The number of benzene rings is 1. The highest BCUT2D eigenvalue weighted by Crippen LogP contribution is 2.39. The van der Waals surface area contributed by atoms with Crippen LogP contribution in [0.4, 0.5) is 13.2 Å². The molecule has 25 heavy (non-hydrogen) atoms. The fourth-order valence-electron chi connectivity index (χ4n) is 3.45. The number of alkyl halides is 3. The first kappa shape index (κ1) is 18.2. The Morgan fingerprint density at radius 2 is 1.76 bits per heavy atom. The maximum atomic E-state index is 13.0. The third-order valence-corrected chi connectivity index (χ3v) is 5.44. The molecule has 138 valence electrons. The Morgan fingerprint density at radius 3 is 2.32 bits per heavy atom. The van der Waals surface area contributed by atoms with Crippen molar-refractivity contribution in [1.29, 1.82) is 0 Å². The standard InChI is InChI=1S/C19H25F3N2O/c1-17(2,14-6-5-7-15(12-14)19(20,21)22)16(25)23-18(8-9-18)13-24-10-3-4-11-24/h5-7,12H,3-4,8-11,13H2,1-2H3,(H,23,25). The van der Waals surface area contributed by atoms with Crippen molar-refractivity contribution in [2.75, 3.05) is 19.6 Å². The van der Waals surface area contributed by atoms with Crippen LogP contribution in [0.3, 0.4) is 0 Å². The summed E-state index contributed by atoms with van der Waals surface area (Å²) in [7, 11) is 0. The Labute approximate surface area is 146 Å². The van der Waals surface area contributed by atoms with E-state index in [-0.39, 0.29) is 11.4 Å². The van der Waals surface area contributed by atoms with Gasteiger partial charge in [-0.3, -0.25) is 4.79 Å². The summed E-state index contributed by atoms with van der Waals surface area (Å²) in [5.74, 6) is -0.205. The van der Waals surface area contributed by atoms with E-state index in [1.807, 2.05) is 0 Å². The molecule has 1 aliphatic heterocycles. The van der Waals surface area contributed by atoms with Crippen LogP contribution in [0.15, 0.2) is 24.3 Å². The Morgan fingerprint density at radius 1 is 1.16 bits per heavy atom. The number of nitrogens with zero attached hydrogens (tertiary/aromatic N) is 1. The smallest absolute Gasteiger partial charge is 0.349 e. The second-order valence-electron chi connectivity index (χ2n) is 7.92. The summed E-state index contributed by atoms with van der Waals surface area (Å²) in [4.78, 5) is 15.2. The number of nitrogens with one attached hydrogen (secondary N) is 1. The second-order valence-corrected chi connectivity index (χ2v) is 7.92. The molecule has 1 saturated heterocycles. The van der Waals surface area contributed by atoms with Crippen LogP contribution in [0, 0.1) is 0 Å². The second kappa shape index (κ2) is 6.31. The van der Waals surface area contributed by atoms with Gasteiger partial charge in [-0.15, -0.1) is 0 Å². The minimum Gasteiger partial charge on any atom is -0.349 e. The van der Waals surface area contributed by atoms with Crippen molar-refractivity contribution in [1.82, 2.24) is 10.2 Å². The number of carbonyl (C=O) groups excluding carboxylic acids is 1. The van der Waals surface area contributed by atoms with Crippen molar-refractivity contribution in [2.45, 2.75) is 56.7 Å². The Bertz CT molecular complexity index is 644.